The van der Waals surface area contributed by atoms with E-state index in [2.05, 4.69) is 25.9 Å². The highest BCUT2D eigenvalue weighted by atomic mass is 32.2. The van der Waals surface area contributed by atoms with Crippen molar-refractivity contribution < 1.29 is 14.3 Å². The molecule has 0 radical (unpaired) electrons. The fourth-order valence-corrected chi connectivity index (χ4v) is 5.30. The topological polar surface area (TPSA) is 113 Å². The third kappa shape index (κ3) is 3.03. The molecule has 2 aromatic rings. The Morgan fingerprint density at radius 3 is 2.96 bits per heavy atom. The molecule has 0 bridgehead atoms. The van der Waals surface area contributed by atoms with Gasteiger partial charge in [0.25, 0.3) is 0 Å². The lowest BCUT2D eigenvalue weighted by Gasteiger charge is -2.44. The number of hydrogen-bond donors (Lipinski definition) is 2. The number of aromatic nitrogens is 4. The van der Waals surface area contributed by atoms with Gasteiger partial charge in [0.2, 0.25) is 11.8 Å². The summed E-state index contributed by atoms with van der Waals surface area (Å²) in [7, 11) is 1.58. The largest absolute Gasteiger partial charge is 0.497 e. The standard InChI is InChI=1S/C17H20N6O3S/c1-17(2)13(14-19-21-22-20-14)23-15(25)12(16(23)27-17)18-11(24)8-9-5-4-6-10(7-9)26-3/h4-7,12-13,16H,8H2,1-3H3,(H,18,24)(H,19,20,21,22)/t12?,13?,16-/m0/s1. The van der Waals surface area contributed by atoms with Crippen LogP contribution >= 0.6 is 11.8 Å². The van der Waals surface area contributed by atoms with Gasteiger partial charge in [-0.3, -0.25) is 9.59 Å². The normalized spacial score (nSPS) is 25.7. The Labute approximate surface area is 160 Å². The number of fused-ring (bicyclic) bond motifs is 1. The number of ether oxygens (including phenoxy) is 1. The monoisotopic (exact) mass is 388 g/mol. The smallest absolute Gasteiger partial charge is 0.249 e. The van der Waals surface area contributed by atoms with Crippen LogP contribution in [0, 0.1) is 0 Å². The number of carbonyl (C=O) groups excluding carboxylic acids is 2. The van der Waals surface area contributed by atoms with Gasteiger partial charge >= 0.3 is 0 Å². The summed E-state index contributed by atoms with van der Waals surface area (Å²) in [5.41, 5.74) is 0.834. The predicted molar refractivity (Wildman–Crippen MR) is 97.9 cm³/mol. The molecule has 10 heteroatoms. The molecule has 1 aromatic heterocycles. The van der Waals surface area contributed by atoms with Gasteiger partial charge in [-0.1, -0.05) is 12.1 Å². The third-order valence-electron chi connectivity index (χ3n) is 4.88. The Morgan fingerprint density at radius 2 is 2.26 bits per heavy atom. The van der Waals surface area contributed by atoms with Gasteiger partial charge in [-0.2, -0.15) is 0 Å². The first-order chi connectivity index (χ1) is 12.9. The fraction of sp³-hybridized carbons (Fsp3) is 0.471. The Balaban J connectivity index is 1.44. The van der Waals surface area contributed by atoms with Crippen LogP contribution in [0.15, 0.2) is 24.3 Å². The van der Waals surface area contributed by atoms with Crippen molar-refractivity contribution in [1.29, 1.82) is 0 Å². The molecule has 4 rings (SSSR count). The van der Waals surface area contributed by atoms with Crippen LogP contribution in [-0.4, -0.2) is 60.6 Å². The van der Waals surface area contributed by atoms with E-state index in [9.17, 15) is 9.59 Å². The Hall–Kier alpha value is -2.62. The van der Waals surface area contributed by atoms with E-state index in [0.29, 0.717) is 11.6 Å². The summed E-state index contributed by atoms with van der Waals surface area (Å²) in [6, 6.07) is 6.55. The van der Waals surface area contributed by atoms with Crippen LogP contribution in [-0.2, 0) is 16.0 Å². The zero-order chi connectivity index (χ0) is 19.2. The fourth-order valence-electron chi connectivity index (χ4n) is 3.66. The highest BCUT2D eigenvalue weighted by molar-refractivity contribution is 8.01. The molecule has 2 aliphatic heterocycles. The summed E-state index contributed by atoms with van der Waals surface area (Å²) in [4.78, 5) is 26.9. The first kappa shape index (κ1) is 17.8. The predicted octanol–water partition coefficient (Wildman–Crippen LogP) is 0.671. The van der Waals surface area contributed by atoms with E-state index in [0.717, 1.165) is 5.56 Å². The number of rotatable bonds is 5. The van der Waals surface area contributed by atoms with Crippen LogP contribution in [0.25, 0.3) is 0 Å². The number of methoxy groups -OCH3 is 1. The number of carbonyl (C=O) groups is 2. The molecule has 2 aliphatic rings. The van der Waals surface area contributed by atoms with Crippen molar-refractivity contribution in [3.05, 3.63) is 35.7 Å². The minimum atomic E-state index is -0.534. The molecule has 142 valence electrons. The number of tetrazole rings is 1. The first-order valence-corrected chi connectivity index (χ1v) is 9.44. The summed E-state index contributed by atoms with van der Waals surface area (Å²) in [5, 5.41) is 16.7. The number of nitrogens with one attached hydrogen (secondary N) is 2. The molecule has 3 heterocycles. The molecular formula is C17H20N6O3S. The summed E-state index contributed by atoms with van der Waals surface area (Å²) in [6.07, 6.45) is 0.192. The quantitative estimate of drug-likeness (QED) is 0.724. The molecule has 0 saturated carbocycles. The van der Waals surface area contributed by atoms with Crippen molar-refractivity contribution in [3.8, 4) is 5.75 Å². The molecule has 2 fully saturated rings. The highest BCUT2D eigenvalue weighted by Gasteiger charge is 2.63. The summed E-state index contributed by atoms with van der Waals surface area (Å²) < 4.78 is 4.91. The maximum atomic E-state index is 12.7. The maximum absolute atomic E-state index is 12.7. The van der Waals surface area contributed by atoms with Crippen molar-refractivity contribution in [1.82, 2.24) is 30.8 Å². The lowest BCUT2D eigenvalue weighted by Crippen LogP contribution is -2.68. The van der Waals surface area contributed by atoms with Crippen LogP contribution in [0.3, 0.4) is 0 Å². The summed E-state index contributed by atoms with van der Waals surface area (Å²) >= 11 is 1.64. The van der Waals surface area contributed by atoms with Gasteiger partial charge in [0.15, 0.2) is 5.82 Å². The molecular weight excluding hydrogens is 368 g/mol. The molecule has 27 heavy (non-hydrogen) atoms. The number of H-pyrrole nitrogens is 1. The zero-order valence-electron chi connectivity index (χ0n) is 15.2. The molecule has 0 aliphatic carbocycles. The number of β-lactam (4-membered cyclic amide) rings is 1. The lowest BCUT2D eigenvalue weighted by molar-refractivity contribution is -0.151. The van der Waals surface area contributed by atoms with E-state index < -0.39 is 6.04 Å². The van der Waals surface area contributed by atoms with Gasteiger partial charge in [-0.05, 0) is 42.0 Å². The van der Waals surface area contributed by atoms with Crippen molar-refractivity contribution in [3.63, 3.8) is 0 Å². The molecule has 9 nitrogen and oxygen atoms in total. The van der Waals surface area contributed by atoms with Crippen LogP contribution in [0.1, 0.15) is 31.3 Å². The maximum Gasteiger partial charge on any atom is 0.249 e. The van der Waals surface area contributed by atoms with Crippen molar-refractivity contribution in [2.75, 3.05) is 7.11 Å². The van der Waals surface area contributed by atoms with E-state index in [4.69, 9.17) is 4.74 Å². The third-order valence-corrected chi connectivity index (χ3v) is 6.45. The van der Waals surface area contributed by atoms with Gasteiger partial charge in [-0.25, -0.2) is 5.10 Å². The molecule has 0 spiro atoms. The van der Waals surface area contributed by atoms with Gasteiger partial charge in [0, 0.05) is 4.75 Å². The van der Waals surface area contributed by atoms with E-state index in [1.54, 1.807) is 23.8 Å². The number of hydrogen-bond acceptors (Lipinski definition) is 7. The average Bonchev–Trinajstić information content (AvgIpc) is 3.24. The average molecular weight is 388 g/mol. The van der Waals surface area contributed by atoms with Crippen LogP contribution in [0.2, 0.25) is 0 Å². The Bertz CT molecular complexity index is 871. The van der Waals surface area contributed by atoms with Crippen molar-refractivity contribution >= 4 is 23.6 Å². The van der Waals surface area contributed by atoms with Gasteiger partial charge < -0.3 is 15.0 Å². The molecule has 2 N–H and O–H groups in total. The summed E-state index contributed by atoms with van der Waals surface area (Å²) in [6.45, 7) is 4.09. The zero-order valence-corrected chi connectivity index (χ0v) is 16.0. The first-order valence-electron chi connectivity index (χ1n) is 8.56. The number of nitrogens with zero attached hydrogens (tertiary/aromatic N) is 4. The van der Waals surface area contributed by atoms with Crippen molar-refractivity contribution in [2.24, 2.45) is 0 Å². The highest BCUT2D eigenvalue weighted by Crippen LogP contribution is 2.56. The number of aromatic amines is 1. The van der Waals surface area contributed by atoms with Gasteiger partial charge in [0.05, 0.1) is 13.5 Å². The van der Waals surface area contributed by atoms with Crippen LogP contribution < -0.4 is 10.1 Å². The molecule has 3 atom stereocenters. The number of thioether (sulfide) groups is 1. The second-order valence-corrected chi connectivity index (χ2v) is 8.89. The van der Waals surface area contributed by atoms with Crippen LogP contribution in [0.5, 0.6) is 5.75 Å². The van der Waals surface area contributed by atoms with E-state index in [1.165, 1.54) is 0 Å². The molecule has 2 unspecified atom stereocenters. The molecule has 2 saturated heterocycles. The van der Waals surface area contributed by atoms with Crippen LogP contribution in [0.4, 0.5) is 0 Å². The van der Waals surface area contributed by atoms with E-state index in [-0.39, 0.29) is 34.4 Å². The summed E-state index contributed by atoms with van der Waals surface area (Å²) in [5.74, 6) is 0.954. The molecule has 2 amide bonds. The lowest BCUT2D eigenvalue weighted by atomic mass is 9.95. The molecule has 1 aromatic carbocycles. The Morgan fingerprint density at radius 1 is 1.44 bits per heavy atom. The second-order valence-electron chi connectivity index (χ2n) is 7.12. The van der Waals surface area contributed by atoms with E-state index >= 15 is 0 Å². The van der Waals surface area contributed by atoms with Gasteiger partial charge in [-0.15, -0.1) is 16.9 Å². The second kappa shape index (κ2) is 6.52. The van der Waals surface area contributed by atoms with E-state index in [1.807, 2.05) is 38.1 Å². The van der Waals surface area contributed by atoms with Crippen molar-refractivity contribution in [2.45, 2.75) is 42.5 Å². The number of benzene rings is 1. The number of amides is 2. The minimum Gasteiger partial charge on any atom is -0.497 e. The van der Waals surface area contributed by atoms with Gasteiger partial charge in [0.1, 0.15) is 23.2 Å². The minimum absolute atomic E-state index is 0.113. The Kier molecular flexibility index (Phi) is 4.29. The SMILES string of the molecule is COc1cccc(CC(=O)NC2C(=O)N3C(c4nnn[nH]4)C(C)(C)S[C@@H]23)c1.